The average molecular weight is 260 g/mol. The Morgan fingerprint density at radius 2 is 2.00 bits per heavy atom. The van der Waals surface area contributed by atoms with Crippen LogP contribution in [0, 0.1) is 0 Å². The number of likely N-dealkylation sites (tertiary alicyclic amines) is 1. The first kappa shape index (κ1) is 13.0. The Hall–Kier alpha value is -0.460. The van der Waals surface area contributed by atoms with Crippen molar-refractivity contribution < 1.29 is 13.2 Å². The van der Waals surface area contributed by atoms with Gasteiger partial charge in [-0.1, -0.05) is 0 Å². The fourth-order valence-electron chi connectivity index (χ4n) is 2.60. The average Bonchev–Trinajstić information content (AvgIpc) is 2.29. The van der Waals surface area contributed by atoms with Crippen LogP contribution in [0.5, 0.6) is 0 Å². The van der Waals surface area contributed by atoms with Gasteiger partial charge in [-0.2, -0.15) is 4.31 Å². The summed E-state index contributed by atoms with van der Waals surface area (Å²) in [6, 6.07) is 0. The van der Waals surface area contributed by atoms with Crippen LogP contribution in [-0.4, -0.2) is 61.9 Å². The summed E-state index contributed by atoms with van der Waals surface area (Å²) in [4.78, 5) is 13.4. The zero-order valence-electron chi connectivity index (χ0n) is 10.3. The molecule has 0 N–H and O–H groups in total. The van der Waals surface area contributed by atoms with E-state index < -0.39 is 10.0 Å². The van der Waals surface area contributed by atoms with Gasteiger partial charge in [-0.15, -0.1) is 0 Å². The topological polar surface area (TPSA) is 57.7 Å². The number of nitrogens with zero attached hydrogens (tertiary/aromatic N) is 2. The summed E-state index contributed by atoms with van der Waals surface area (Å²) < 4.78 is 26.1. The van der Waals surface area contributed by atoms with E-state index in [1.807, 2.05) is 7.05 Å². The molecular weight excluding hydrogens is 240 g/mol. The van der Waals surface area contributed by atoms with Crippen LogP contribution in [0.4, 0.5) is 0 Å². The Morgan fingerprint density at radius 1 is 1.24 bits per heavy atom. The molecule has 2 heterocycles. The first-order valence-electron chi connectivity index (χ1n) is 6.19. The fraction of sp³-hybridized carbons (Fsp3) is 0.909. The standard InChI is InChI=1S/C11H20N2O3S/c1-12-6-3-5-11(9-12)17(15,16)13-7-2-4-10(14)8-13/h11H,2-9H2,1H3. The number of hydrogen-bond donors (Lipinski definition) is 0. The van der Waals surface area contributed by atoms with Crippen LogP contribution in [-0.2, 0) is 14.8 Å². The molecule has 2 fully saturated rings. The SMILES string of the molecule is CN1CCCC(S(=O)(=O)N2CCCC(=O)C2)C1. The lowest BCUT2D eigenvalue weighted by molar-refractivity contribution is -0.120. The smallest absolute Gasteiger partial charge is 0.218 e. The normalized spacial score (nSPS) is 29.5. The highest BCUT2D eigenvalue weighted by Crippen LogP contribution is 2.21. The summed E-state index contributed by atoms with van der Waals surface area (Å²) in [5.41, 5.74) is 0. The number of Topliss-reactive ketones (excluding diaryl/α,β-unsaturated/α-hetero) is 1. The quantitative estimate of drug-likeness (QED) is 0.705. The monoisotopic (exact) mass is 260 g/mol. The number of carbonyl (C=O) groups is 1. The van der Waals surface area contributed by atoms with E-state index in [1.54, 1.807) is 0 Å². The molecule has 2 aliphatic heterocycles. The van der Waals surface area contributed by atoms with Crippen molar-refractivity contribution in [2.75, 3.05) is 33.2 Å². The Morgan fingerprint density at radius 3 is 2.65 bits per heavy atom. The summed E-state index contributed by atoms with van der Waals surface area (Å²) in [7, 11) is -1.33. The lowest BCUT2D eigenvalue weighted by atomic mass is 10.1. The van der Waals surface area contributed by atoms with E-state index >= 15 is 0 Å². The van der Waals surface area contributed by atoms with Crippen molar-refractivity contribution in [3.63, 3.8) is 0 Å². The second kappa shape index (κ2) is 5.04. The Bertz CT molecular complexity index is 394. The minimum absolute atomic E-state index is 0.0454. The van der Waals surface area contributed by atoms with Crippen LogP contribution in [0.2, 0.25) is 0 Å². The van der Waals surface area contributed by atoms with Crippen LogP contribution >= 0.6 is 0 Å². The summed E-state index contributed by atoms with van der Waals surface area (Å²) in [5.74, 6) is 0.0454. The third kappa shape index (κ3) is 2.86. The van der Waals surface area contributed by atoms with Crippen molar-refractivity contribution in [2.24, 2.45) is 0 Å². The van der Waals surface area contributed by atoms with Gasteiger partial charge in [-0.05, 0) is 32.9 Å². The highest BCUT2D eigenvalue weighted by atomic mass is 32.2. The van der Waals surface area contributed by atoms with Gasteiger partial charge in [-0.25, -0.2) is 8.42 Å². The van der Waals surface area contributed by atoms with Crippen molar-refractivity contribution >= 4 is 15.8 Å². The predicted molar refractivity (Wildman–Crippen MR) is 65.3 cm³/mol. The molecule has 0 bridgehead atoms. The van der Waals surface area contributed by atoms with Gasteiger partial charge in [0.25, 0.3) is 0 Å². The van der Waals surface area contributed by atoms with E-state index in [9.17, 15) is 13.2 Å². The highest BCUT2D eigenvalue weighted by molar-refractivity contribution is 7.89. The largest absolute Gasteiger partial charge is 0.305 e. The van der Waals surface area contributed by atoms with Crippen molar-refractivity contribution in [2.45, 2.75) is 30.9 Å². The van der Waals surface area contributed by atoms with Crippen molar-refractivity contribution in [1.29, 1.82) is 0 Å². The first-order chi connectivity index (χ1) is 8.00. The second-order valence-electron chi connectivity index (χ2n) is 5.05. The van der Waals surface area contributed by atoms with E-state index in [0.29, 0.717) is 25.9 Å². The number of rotatable bonds is 2. The number of hydrogen-bond acceptors (Lipinski definition) is 4. The third-order valence-electron chi connectivity index (χ3n) is 3.58. The zero-order valence-corrected chi connectivity index (χ0v) is 11.1. The Kier molecular flexibility index (Phi) is 3.85. The molecule has 6 heteroatoms. The molecule has 2 aliphatic rings. The van der Waals surface area contributed by atoms with Crippen LogP contribution in [0.3, 0.4) is 0 Å². The van der Waals surface area contributed by atoms with E-state index in [2.05, 4.69) is 4.90 Å². The molecule has 2 saturated heterocycles. The van der Waals surface area contributed by atoms with Gasteiger partial charge in [0.1, 0.15) is 5.78 Å². The Balaban J connectivity index is 2.09. The summed E-state index contributed by atoms with van der Waals surface area (Å²) in [5, 5.41) is -0.327. The molecule has 1 unspecified atom stereocenters. The number of ketones is 1. The minimum Gasteiger partial charge on any atom is -0.305 e. The molecule has 0 saturated carbocycles. The zero-order chi connectivity index (χ0) is 12.5. The summed E-state index contributed by atoms with van der Waals surface area (Å²) in [6.45, 7) is 2.15. The maximum atomic E-state index is 12.4. The molecular formula is C11H20N2O3S. The first-order valence-corrected chi connectivity index (χ1v) is 7.69. The third-order valence-corrected chi connectivity index (χ3v) is 5.84. The van der Waals surface area contributed by atoms with Gasteiger partial charge in [0, 0.05) is 19.5 Å². The van der Waals surface area contributed by atoms with E-state index in [4.69, 9.17) is 0 Å². The molecule has 17 heavy (non-hydrogen) atoms. The number of piperidine rings is 2. The molecule has 98 valence electrons. The van der Waals surface area contributed by atoms with Crippen molar-refractivity contribution in [3.05, 3.63) is 0 Å². The molecule has 5 nitrogen and oxygen atoms in total. The molecule has 0 aromatic heterocycles. The Labute approximate surface area is 103 Å². The van der Waals surface area contributed by atoms with Crippen LogP contribution in [0.15, 0.2) is 0 Å². The fourth-order valence-corrected chi connectivity index (χ4v) is 4.63. The lowest BCUT2D eigenvalue weighted by Crippen LogP contribution is -2.49. The van der Waals surface area contributed by atoms with E-state index in [-0.39, 0.29) is 17.6 Å². The lowest BCUT2D eigenvalue weighted by Gasteiger charge is -2.34. The van der Waals surface area contributed by atoms with E-state index in [0.717, 1.165) is 19.4 Å². The van der Waals surface area contributed by atoms with Gasteiger partial charge in [0.05, 0.1) is 11.8 Å². The predicted octanol–water partition coefficient (Wildman–Crippen LogP) is 0.0753. The molecule has 0 aromatic carbocycles. The molecule has 0 spiro atoms. The number of sulfonamides is 1. The maximum Gasteiger partial charge on any atom is 0.218 e. The number of carbonyl (C=O) groups excluding carboxylic acids is 1. The molecule has 0 radical (unpaired) electrons. The summed E-state index contributed by atoms with van der Waals surface area (Å²) >= 11 is 0. The van der Waals surface area contributed by atoms with Gasteiger partial charge >= 0.3 is 0 Å². The molecule has 0 amide bonds. The van der Waals surface area contributed by atoms with Crippen LogP contribution in [0.25, 0.3) is 0 Å². The van der Waals surface area contributed by atoms with Crippen LogP contribution in [0.1, 0.15) is 25.7 Å². The molecule has 2 rings (SSSR count). The summed E-state index contributed by atoms with van der Waals surface area (Å²) in [6.07, 6.45) is 2.83. The molecule has 0 aliphatic carbocycles. The van der Waals surface area contributed by atoms with Gasteiger partial charge in [0.15, 0.2) is 0 Å². The molecule has 0 aromatic rings. The van der Waals surface area contributed by atoms with Gasteiger partial charge < -0.3 is 4.90 Å². The minimum atomic E-state index is -3.28. The molecule has 1 atom stereocenters. The van der Waals surface area contributed by atoms with Gasteiger partial charge in [-0.3, -0.25) is 4.79 Å². The van der Waals surface area contributed by atoms with Gasteiger partial charge in [0.2, 0.25) is 10.0 Å². The highest BCUT2D eigenvalue weighted by Gasteiger charge is 2.36. The maximum absolute atomic E-state index is 12.4. The van der Waals surface area contributed by atoms with Crippen molar-refractivity contribution in [1.82, 2.24) is 9.21 Å². The second-order valence-corrected chi connectivity index (χ2v) is 7.26. The van der Waals surface area contributed by atoms with Crippen molar-refractivity contribution in [3.8, 4) is 0 Å². The van der Waals surface area contributed by atoms with E-state index in [1.165, 1.54) is 4.31 Å². The van der Waals surface area contributed by atoms with Crippen LogP contribution < -0.4 is 0 Å².